The molecule has 1 aliphatic heterocycles. The molecule has 3 aliphatic rings. The van der Waals surface area contributed by atoms with Crippen molar-refractivity contribution in [2.45, 2.75) is 56.5 Å². The van der Waals surface area contributed by atoms with Crippen LogP contribution in [0.25, 0.3) is 0 Å². The summed E-state index contributed by atoms with van der Waals surface area (Å²) in [6, 6.07) is 1.39. The van der Waals surface area contributed by atoms with Crippen LogP contribution in [0.4, 0.5) is 8.78 Å². The molecule has 1 heterocycles. The molecule has 0 radical (unpaired) electrons. The fraction of sp³-hybridized carbons (Fsp3) is 1.00. The second-order valence-electron chi connectivity index (χ2n) is 6.08. The Morgan fingerprint density at radius 3 is 2.65 bits per heavy atom. The monoisotopic (exact) mass is 244 g/mol. The lowest BCUT2D eigenvalue weighted by atomic mass is 10.1. The van der Waals surface area contributed by atoms with Crippen LogP contribution in [0.5, 0.6) is 0 Å². The molecule has 3 fully saturated rings. The maximum Gasteiger partial charge on any atom is 0.248 e. The van der Waals surface area contributed by atoms with Crippen molar-refractivity contribution in [3.63, 3.8) is 0 Å². The van der Waals surface area contributed by atoms with Crippen LogP contribution in [0.2, 0.25) is 0 Å². The van der Waals surface area contributed by atoms with Crippen molar-refractivity contribution in [1.29, 1.82) is 0 Å². The van der Waals surface area contributed by atoms with E-state index in [1.807, 2.05) is 0 Å². The van der Waals surface area contributed by atoms with Crippen LogP contribution in [0.15, 0.2) is 0 Å². The van der Waals surface area contributed by atoms with Gasteiger partial charge in [0, 0.05) is 38.0 Å². The average Bonchev–Trinajstić information content (AvgIpc) is 2.92. The predicted octanol–water partition coefficient (Wildman–Crippen LogP) is 2.25. The van der Waals surface area contributed by atoms with E-state index < -0.39 is 5.92 Å². The molecule has 0 spiro atoms. The van der Waals surface area contributed by atoms with Crippen molar-refractivity contribution in [1.82, 2.24) is 10.2 Å². The highest BCUT2D eigenvalue weighted by molar-refractivity contribution is 4.92. The lowest BCUT2D eigenvalue weighted by Crippen LogP contribution is -2.36. The molecule has 3 rings (SSSR count). The van der Waals surface area contributed by atoms with Crippen molar-refractivity contribution >= 4 is 0 Å². The first-order valence-corrected chi connectivity index (χ1v) is 6.98. The molecule has 0 bridgehead atoms. The van der Waals surface area contributed by atoms with Gasteiger partial charge in [0.25, 0.3) is 0 Å². The Kier molecular flexibility index (Phi) is 3.11. The molecule has 0 amide bonds. The molecule has 2 unspecified atom stereocenters. The molecule has 0 aromatic carbocycles. The Balaban J connectivity index is 1.37. The summed E-state index contributed by atoms with van der Waals surface area (Å²) in [5, 5.41) is 3.50. The van der Waals surface area contributed by atoms with Gasteiger partial charge in [-0.25, -0.2) is 8.78 Å². The SMILES string of the molecule is FC1(F)CCC(CNC2CCN(C3CC3)C2)C1. The smallest absolute Gasteiger partial charge is 0.248 e. The summed E-state index contributed by atoms with van der Waals surface area (Å²) in [4.78, 5) is 2.56. The van der Waals surface area contributed by atoms with Crippen LogP contribution in [-0.2, 0) is 0 Å². The normalized spacial score (nSPS) is 37.8. The second kappa shape index (κ2) is 4.47. The molecular formula is C13H22F2N2. The van der Waals surface area contributed by atoms with E-state index in [-0.39, 0.29) is 18.8 Å². The number of rotatable bonds is 4. The van der Waals surface area contributed by atoms with Crippen molar-refractivity contribution in [2.24, 2.45) is 5.92 Å². The van der Waals surface area contributed by atoms with Crippen molar-refractivity contribution < 1.29 is 8.78 Å². The Morgan fingerprint density at radius 1 is 1.18 bits per heavy atom. The van der Waals surface area contributed by atoms with E-state index in [1.165, 1.54) is 25.8 Å². The first-order valence-electron chi connectivity index (χ1n) is 6.98. The van der Waals surface area contributed by atoms with Crippen LogP contribution in [0.3, 0.4) is 0 Å². The Hall–Kier alpha value is -0.220. The topological polar surface area (TPSA) is 15.3 Å². The summed E-state index contributed by atoms with van der Waals surface area (Å²) in [5.74, 6) is -2.19. The van der Waals surface area contributed by atoms with Crippen LogP contribution in [0, 0.1) is 5.92 Å². The molecule has 2 nitrogen and oxygen atoms in total. The van der Waals surface area contributed by atoms with Crippen LogP contribution < -0.4 is 5.32 Å². The zero-order chi connectivity index (χ0) is 11.9. The van der Waals surface area contributed by atoms with Gasteiger partial charge in [-0.1, -0.05) is 0 Å². The molecule has 1 N–H and O–H groups in total. The average molecular weight is 244 g/mol. The number of alkyl halides is 2. The lowest BCUT2D eigenvalue weighted by Gasteiger charge is -2.18. The van der Waals surface area contributed by atoms with E-state index >= 15 is 0 Å². The van der Waals surface area contributed by atoms with E-state index in [4.69, 9.17) is 0 Å². The van der Waals surface area contributed by atoms with Gasteiger partial charge in [-0.15, -0.1) is 0 Å². The summed E-state index contributed by atoms with van der Waals surface area (Å²) >= 11 is 0. The van der Waals surface area contributed by atoms with Gasteiger partial charge < -0.3 is 5.32 Å². The van der Waals surface area contributed by atoms with E-state index in [2.05, 4.69) is 10.2 Å². The van der Waals surface area contributed by atoms with Crippen LogP contribution in [-0.4, -0.2) is 42.5 Å². The minimum atomic E-state index is -2.39. The second-order valence-corrected chi connectivity index (χ2v) is 6.08. The van der Waals surface area contributed by atoms with Gasteiger partial charge in [-0.05, 0) is 38.1 Å². The minimum Gasteiger partial charge on any atom is -0.312 e. The predicted molar refractivity (Wildman–Crippen MR) is 63.3 cm³/mol. The molecule has 0 aromatic heterocycles. The van der Waals surface area contributed by atoms with Gasteiger partial charge in [0.15, 0.2) is 0 Å². The molecule has 1 saturated heterocycles. The van der Waals surface area contributed by atoms with Crippen LogP contribution >= 0.6 is 0 Å². The molecule has 2 saturated carbocycles. The van der Waals surface area contributed by atoms with E-state index in [9.17, 15) is 8.78 Å². The molecule has 17 heavy (non-hydrogen) atoms. The van der Waals surface area contributed by atoms with E-state index in [1.54, 1.807) is 0 Å². The number of likely N-dealkylation sites (tertiary alicyclic amines) is 1. The largest absolute Gasteiger partial charge is 0.312 e. The standard InChI is InChI=1S/C13H22F2N2/c14-13(15)5-3-10(7-13)8-16-11-4-6-17(9-11)12-1-2-12/h10-12,16H,1-9H2. The maximum absolute atomic E-state index is 13.0. The van der Waals surface area contributed by atoms with E-state index in [0.717, 1.165) is 19.1 Å². The van der Waals surface area contributed by atoms with E-state index in [0.29, 0.717) is 12.5 Å². The number of nitrogens with one attached hydrogen (secondary N) is 1. The molecule has 98 valence electrons. The summed E-state index contributed by atoms with van der Waals surface area (Å²) < 4.78 is 26.1. The molecule has 2 aliphatic carbocycles. The summed E-state index contributed by atoms with van der Waals surface area (Å²) in [6.07, 6.45) is 4.80. The zero-order valence-corrected chi connectivity index (χ0v) is 10.3. The minimum absolute atomic E-state index is 0.0954. The van der Waals surface area contributed by atoms with Crippen molar-refractivity contribution in [3.8, 4) is 0 Å². The van der Waals surface area contributed by atoms with Crippen molar-refractivity contribution in [2.75, 3.05) is 19.6 Å². The summed E-state index contributed by atoms with van der Waals surface area (Å²) in [7, 11) is 0. The third-order valence-electron chi connectivity index (χ3n) is 4.48. The Bertz CT molecular complexity index is 279. The molecule has 0 aromatic rings. The van der Waals surface area contributed by atoms with Gasteiger partial charge in [0.1, 0.15) is 0 Å². The lowest BCUT2D eigenvalue weighted by molar-refractivity contribution is 0.00499. The Labute approximate surface area is 102 Å². The van der Waals surface area contributed by atoms with Gasteiger partial charge in [0.05, 0.1) is 0 Å². The highest BCUT2D eigenvalue weighted by atomic mass is 19.3. The first-order chi connectivity index (χ1) is 8.12. The van der Waals surface area contributed by atoms with Gasteiger partial charge >= 0.3 is 0 Å². The van der Waals surface area contributed by atoms with Crippen LogP contribution in [0.1, 0.15) is 38.5 Å². The van der Waals surface area contributed by atoms with Crippen molar-refractivity contribution in [3.05, 3.63) is 0 Å². The first kappa shape index (κ1) is 11.8. The highest BCUT2D eigenvalue weighted by Crippen LogP contribution is 2.38. The fourth-order valence-electron chi connectivity index (χ4n) is 3.27. The van der Waals surface area contributed by atoms with Gasteiger partial charge in [0.2, 0.25) is 5.92 Å². The molecule has 2 atom stereocenters. The summed E-state index contributed by atoms with van der Waals surface area (Å²) in [6.45, 7) is 3.12. The van der Waals surface area contributed by atoms with Gasteiger partial charge in [-0.3, -0.25) is 4.90 Å². The molecular weight excluding hydrogens is 222 g/mol. The highest BCUT2D eigenvalue weighted by Gasteiger charge is 2.40. The molecule has 4 heteroatoms. The summed E-state index contributed by atoms with van der Waals surface area (Å²) in [5.41, 5.74) is 0. The van der Waals surface area contributed by atoms with Gasteiger partial charge in [-0.2, -0.15) is 0 Å². The quantitative estimate of drug-likeness (QED) is 0.816. The third-order valence-corrected chi connectivity index (χ3v) is 4.48. The number of halogens is 2. The maximum atomic E-state index is 13.0. The Morgan fingerprint density at radius 2 is 2.00 bits per heavy atom. The zero-order valence-electron chi connectivity index (χ0n) is 10.3. The third kappa shape index (κ3) is 2.97. The number of hydrogen-bond acceptors (Lipinski definition) is 2. The fourth-order valence-corrected chi connectivity index (χ4v) is 3.27. The number of nitrogens with zero attached hydrogens (tertiary/aromatic N) is 1. The number of hydrogen-bond donors (Lipinski definition) is 1.